The maximum atomic E-state index is 11.5. The molecule has 0 radical (unpaired) electrons. The molecule has 5 rings (SSSR count). The van der Waals surface area contributed by atoms with Crippen molar-refractivity contribution in [3.05, 3.63) is 30.6 Å². The Hall–Kier alpha value is -3.25. The van der Waals surface area contributed by atoms with Gasteiger partial charge in [-0.3, -0.25) is 4.57 Å². The highest BCUT2D eigenvalue weighted by molar-refractivity contribution is 7.89. The monoisotopic (exact) mass is 484 g/mol. The Labute approximate surface area is 198 Å². The Morgan fingerprint density at radius 1 is 1.15 bits per heavy atom. The van der Waals surface area contributed by atoms with E-state index in [-0.39, 0.29) is 10.9 Å². The number of methoxy groups -OCH3 is 1. The molecule has 0 bridgehead atoms. The second-order valence-electron chi connectivity index (χ2n) is 9.00. The Bertz CT molecular complexity index is 1360. The predicted molar refractivity (Wildman–Crippen MR) is 130 cm³/mol. The van der Waals surface area contributed by atoms with E-state index in [1.54, 1.807) is 13.3 Å². The van der Waals surface area contributed by atoms with Crippen LogP contribution in [0.3, 0.4) is 0 Å². The fourth-order valence-corrected chi connectivity index (χ4v) is 5.34. The van der Waals surface area contributed by atoms with Crippen molar-refractivity contribution in [2.24, 2.45) is 10.2 Å². The first kappa shape index (κ1) is 22.5. The molecule has 1 fully saturated rings. The number of hydrogen-bond acceptors (Lipinski definition) is 9. The van der Waals surface area contributed by atoms with Crippen molar-refractivity contribution >= 4 is 44.5 Å². The minimum atomic E-state index is -3.81. The fourth-order valence-electron chi connectivity index (χ4n) is 4.89. The summed E-state index contributed by atoms with van der Waals surface area (Å²) in [5.74, 6) is 2.44. The number of nitrogens with zero attached hydrogens (tertiary/aromatic N) is 6. The Balaban J connectivity index is 1.61. The first-order chi connectivity index (χ1) is 16.2. The van der Waals surface area contributed by atoms with Crippen molar-refractivity contribution in [3.63, 3.8) is 0 Å². The van der Waals surface area contributed by atoms with Gasteiger partial charge in [-0.15, -0.1) is 5.10 Å². The van der Waals surface area contributed by atoms with Crippen LogP contribution in [0, 0.1) is 0 Å². The number of aromatic nitrogens is 4. The van der Waals surface area contributed by atoms with Gasteiger partial charge in [-0.2, -0.15) is 4.98 Å². The molecule has 1 aliphatic heterocycles. The average molecular weight is 485 g/mol. The third-order valence-electron chi connectivity index (χ3n) is 6.45. The van der Waals surface area contributed by atoms with E-state index >= 15 is 0 Å². The van der Waals surface area contributed by atoms with Crippen LogP contribution in [-0.4, -0.2) is 47.0 Å². The lowest BCUT2D eigenvalue weighted by molar-refractivity contribution is 0.219. The third kappa shape index (κ3) is 3.66. The SMILES string of the molecule is COC1=NN(C(C)C)c2cc3cnc(Nc4ccc(S(N)(=O)=O)cn4)nc3n2C12CCCCC2. The average Bonchev–Trinajstić information content (AvgIpc) is 3.19. The second-order valence-corrected chi connectivity index (χ2v) is 10.6. The molecular formula is C22H28N8O3S. The van der Waals surface area contributed by atoms with Crippen LogP contribution >= 0.6 is 0 Å². The summed E-state index contributed by atoms with van der Waals surface area (Å²) >= 11 is 0. The molecule has 180 valence electrons. The van der Waals surface area contributed by atoms with Crippen molar-refractivity contribution in [2.45, 2.75) is 62.4 Å². The normalized spacial score (nSPS) is 17.7. The van der Waals surface area contributed by atoms with Gasteiger partial charge in [-0.05, 0) is 44.9 Å². The van der Waals surface area contributed by atoms with E-state index in [1.807, 2.05) is 5.01 Å². The van der Waals surface area contributed by atoms with Gasteiger partial charge in [0.15, 0.2) is 0 Å². The summed E-state index contributed by atoms with van der Waals surface area (Å²) in [6.07, 6.45) is 8.17. The van der Waals surface area contributed by atoms with Gasteiger partial charge >= 0.3 is 0 Å². The number of hydrazone groups is 1. The zero-order valence-corrected chi connectivity index (χ0v) is 20.2. The number of sulfonamides is 1. The molecule has 12 heteroatoms. The molecule has 3 N–H and O–H groups in total. The molecule has 0 saturated heterocycles. The molecule has 3 aromatic rings. The topological polar surface area (TPSA) is 141 Å². The van der Waals surface area contributed by atoms with Crippen LogP contribution < -0.4 is 15.5 Å². The number of nitrogens with two attached hydrogens (primary N) is 1. The number of rotatable bonds is 4. The maximum absolute atomic E-state index is 11.5. The maximum Gasteiger partial charge on any atom is 0.239 e. The van der Waals surface area contributed by atoms with Gasteiger partial charge in [0.05, 0.1) is 7.11 Å². The number of anilines is 3. The number of pyridine rings is 1. The van der Waals surface area contributed by atoms with Gasteiger partial charge in [0, 0.05) is 23.8 Å². The Morgan fingerprint density at radius 2 is 1.91 bits per heavy atom. The Kier molecular flexibility index (Phi) is 5.44. The van der Waals surface area contributed by atoms with E-state index in [0.717, 1.165) is 42.5 Å². The van der Waals surface area contributed by atoms with Gasteiger partial charge in [0.2, 0.25) is 21.9 Å². The van der Waals surface area contributed by atoms with Gasteiger partial charge in [-0.1, -0.05) is 19.3 Å². The van der Waals surface area contributed by atoms with Gasteiger partial charge in [0.25, 0.3) is 0 Å². The highest BCUT2D eigenvalue weighted by Crippen LogP contribution is 2.45. The summed E-state index contributed by atoms with van der Waals surface area (Å²) in [5, 5.41) is 16.0. The van der Waals surface area contributed by atoms with E-state index in [2.05, 4.69) is 39.8 Å². The van der Waals surface area contributed by atoms with Crippen LogP contribution in [0.1, 0.15) is 46.0 Å². The summed E-state index contributed by atoms with van der Waals surface area (Å²) in [6, 6.07) is 5.12. The fraction of sp³-hybridized carbons (Fsp3) is 0.455. The van der Waals surface area contributed by atoms with Gasteiger partial charge in [-0.25, -0.2) is 28.5 Å². The third-order valence-corrected chi connectivity index (χ3v) is 7.35. The van der Waals surface area contributed by atoms with E-state index < -0.39 is 15.6 Å². The van der Waals surface area contributed by atoms with E-state index in [9.17, 15) is 8.42 Å². The minimum Gasteiger partial charge on any atom is -0.481 e. The molecule has 1 saturated carbocycles. The summed E-state index contributed by atoms with van der Waals surface area (Å²) in [7, 11) is -2.13. The highest BCUT2D eigenvalue weighted by Gasteiger charge is 2.47. The molecule has 0 amide bonds. The molecular weight excluding hydrogens is 456 g/mol. The van der Waals surface area contributed by atoms with Crippen molar-refractivity contribution < 1.29 is 13.2 Å². The number of nitrogens with one attached hydrogen (secondary N) is 1. The van der Waals surface area contributed by atoms with Crippen LogP contribution in [0.25, 0.3) is 11.0 Å². The molecule has 34 heavy (non-hydrogen) atoms. The van der Waals surface area contributed by atoms with Crippen molar-refractivity contribution in [3.8, 4) is 0 Å². The van der Waals surface area contributed by atoms with Crippen LogP contribution in [-0.2, 0) is 20.3 Å². The van der Waals surface area contributed by atoms with Crippen LogP contribution in [0.4, 0.5) is 17.6 Å². The standard InChI is InChI=1S/C22H28N8O3S/c1-14(2)30-18-11-15-12-25-21(26-17-8-7-16(13-24-17)34(23,31)32)27-19(15)29(18)22(20(28-30)33-3)9-5-4-6-10-22/h7-8,11-14H,4-6,9-10H2,1-3H3,(H2,23,31,32)(H,24,25,26,27). The lowest BCUT2D eigenvalue weighted by Gasteiger charge is -2.44. The summed E-state index contributed by atoms with van der Waals surface area (Å²) in [5.41, 5.74) is 0.391. The summed E-state index contributed by atoms with van der Waals surface area (Å²) in [4.78, 5) is 13.4. The number of hydrogen-bond donors (Lipinski definition) is 2. The van der Waals surface area contributed by atoms with E-state index in [0.29, 0.717) is 17.7 Å². The van der Waals surface area contributed by atoms with Gasteiger partial charge in [0.1, 0.15) is 27.7 Å². The van der Waals surface area contributed by atoms with E-state index in [1.165, 1.54) is 24.8 Å². The van der Waals surface area contributed by atoms with Crippen LogP contribution in [0.5, 0.6) is 0 Å². The summed E-state index contributed by atoms with van der Waals surface area (Å²) in [6.45, 7) is 4.18. The summed E-state index contributed by atoms with van der Waals surface area (Å²) < 4.78 is 31.1. The second kappa shape index (κ2) is 8.20. The molecule has 0 unspecified atom stereocenters. The molecule has 4 heterocycles. The largest absolute Gasteiger partial charge is 0.481 e. The molecule has 11 nitrogen and oxygen atoms in total. The van der Waals surface area contributed by atoms with Crippen LogP contribution in [0.2, 0.25) is 0 Å². The zero-order chi connectivity index (χ0) is 24.1. The highest BCUT2D eigenvalue weighted by atomic mass is 32.2. The van der Waals surface area contributed by atoms with Crippen molar-refractivity contribution in [2.75, 3.05) is 17.4 Å². The van der Waals surface area contributed by atoms with E-state index in [4.69, 9.17) is 20.0 Å². The van der Waals surface area contributed by atoms with Gasteiger partial charge < -0.3 is 10.1 Å². The van der Waals surface area contributed by atoms with Crippen molar-refractivity contribution in [1.29, 1.82) is 0 Å². The van der Waals surface area contributed by atoms with Crippen molar-refractivity contribution in [1.82, 2.24) is 19.5 Å². The molecule has 1 spiro atoms. The van der Waals surface area contributed by atoms with Crippen LogP contribution in [0.15, 0.2) is 40.6 Å². The first-order valence-corrected chi connectivity index (χ1v) is 12.8. The molecule has 3 aromatic heterocycles. The minimum absolute atomic E-state index is 0.0607. The molecule has 0 aromatic carbocycles. The quantitative estimate of drug-likeness (QED) is 0.576. The molecule has 1 aliphatic carbocycles. The predicted octanol–water partition coefficient (Wildman–Crippen LogP) is 3.07. The first-order valence-electron chi connectivity index (χ1n) is 11.3. The Morgan fingerprint density at radius 3 is 2.53 bits per heavy atom. The number of fused-ring (bicyclic) bond motifs is 4. The lowest BCUT2D eigenvalue weighted by Crippen LogP contribution is -2.50. The molecule has 0 atom stereocenters. The lowest BCUT2D eigenvalue weighted by atomic mass is 9.80. The number of ether oxygens (including phenoxy) is 1. The number of primary sulfonamides is 1. The molecule has 2 aliphatic rings. The smallest absolute Gasteiger partial charge is 0.239 e. The zero-order valence-electron chi connectivity index (χ0n) is 19.4.